The van der Waals surface area contributed by atoms with E-state index in [0.29, 0.717) is 24.1 Å². The highest BCUT2D eigenvalue weighted by Crippen LogP contribution is 2.33. The molecule has 160 valence electrons. The van der Waals surface area contributed by atoms with Gasteiger partial charge in [-0.1, -0.05) is 35.5 Å². The van der Waals surface area contributed by atoms with Crippen LogP contribution in [0.3, 0.4) is 0 Å². The highest BCUT2D eigenvalue weighted by molar-refractivity contribution is 5.84. The number of aromatic nitrogens is 4. The number of fused-ring (bicyclic) bond motifs is 1. The van der Waals surface area contributed by atoms with E-state index in [-0.39, 0.29) is 5.92 Å². The molecule has 3 heterocycles. The number of aromatic amines is 1. The van der Waals surface area contributed by atoms with Gasteiger partial charge in [0.05, 0.1) is 12.7 Å². The van der Waals surface area contributed by atoms with Gasteiger partial charge in [0, 0.05) is 35.8 Å². The number of anilines is 1. The van der Waals surface area contributed by atoms with Gasteiger partial charge in [0.15, 0.2) is 5.82 Å². The van der Waals surface area contributed by atoms with Crippen molar-refractivity contribution in [1.29, 1.82) is 0 Å². The van der Waals surface area contributed by atoms with Gasteiger partial charge in [0.25, 0.3) is 5.89 Å². The molecular formula is C25H23N5O2. The van der Waals surface area contributed by atoms with Crippen LogP contribution in [0.4, 0.5) is 5.82 Å². The number of hydrogen-bond acceptors (Lipinski definition) is 6. The van der Waals surface area contributed by atoms with E-state index in [1.807, 2.05) is 30.3 Å². The third kappa shape index (κ3) is 3.80. The van der Waals surface area contributed by atoms with Crippen LogP contribution in [0.1, 0.15) is 22.9 Å². The molecule has 0 unspecified atom stereocenters. The first-order valence-corrected chi connectivity index (χ1v) is 10.4. The fourth-order valence-electron chi connectivity index (χ4n) is 3.95. The fourth-order valence-corrected chi connectivity index (χ4v) is 3.95. The number of methoxy groups -OCH3 is 1. The Balaban J connectivity index is 1.51. The van der Waals surface area contributed by atoms with Crippen molar-refractivity contribution in [2.24, 2.45) is 0 Å². The standard InChI is InChI=1S/C25H23N5O2/c1-16-29-25(32-30-16)20-7-5-13-26-24(20)28-14-21(17-9-11-18(31-2)12-10-17)22-15-27-23-8-4-3-6-19(22)23/h3-13,15,21,27H,14H2,1-2H3,(H,26,28)/t21-/m1/s1. The second-order valence-electron chi connectivity index (χ2n) is 7.54. The Hall–Kier alpha value is -4.13. The van der Waals surface area contributed by atoms with E-state index in [2.05, 4.69) is 62.0 Å². The number of para-hydroxylation sites is 1. The molecule has 0 radical (unpaired) electrons. The Bertz CT molecular complexity index is 1340. The first-order valence-electron chi connectivity index (χ1n) is 10.4. The highest BCUT2D eigenvalue weighted by atomic mass is 16.5. The summed E-state index contributed by atoms with van der Waals surface area (Å²) >= 11 is 0. The quantitative estimate of drug-likeness (QED) is 0.374. The number of nitrogens with zero attached hydrogens (tertiary/aromatic N) is 3. The summed E-state index contributed by atoms with van der Waals surface area (Å²) < 4.78 is 10.7. The lowest BCUT2D eigenvalue weighted by Crippen LogP contribution is -2.15. The molecule has 2 N–H and O–H groups in total. The Morgan fingerprint density at radius 3 is 2.69 bits per heavy atom. The number of benzene rings is 2. The summed E-state index contributed by atoms with van der Waals surface area (Å²) in [5.74, 6) is 2.65. The van der Waals surface area contributed by atoms with Crippen LogP contribution in [0.2, 0.25) is 0 Å². The molecule has 7 heteroatoms. The smallest absolute Gasteiger partial charge is 0.261 e. The zero-order chi connectivity index (χ0) is 21.9. The molecule has 0 amide bonds. The van der Waals surface area contributed by atoms with Crippen molar-refractivity contribution in [2.75, 3.05) is 19.0 Å². The van der Waals surface area contributed by atoms with Gasteiger partial charge in [0.1, 0.15) is 11.6 Å². The van der Waals surface area contributed by atoms with Gasteiger partial charge in [-0.05, 0) is 48.4 Å². The lowest BCUT2D eigenvalue weighted by molar-refractivity contribution is 0.414. The lowest BCUT2D eigenvalue weighted by atomic mass is 9.90. The van der Waals surface area contributed by atoms with E-state index in [0.717, 1.165) is 16.8 Å². The Morgan fingerprint density at radius 1 is 1.06 bits per heavy atom. The monoisotopic (exact) mass is 425 g/mol. The maximum atomic E-state index is 5.38. The van der Waals surface area contributed by atoms with Crippen molar-refractivity contribution in [2.45, 2.75) is 12.8 Å². The number of H-pyrrole nitrogens is 1. The van der Waals surface area contributed by atoms with Crippen molar-refractivity contribution >= 4 is 16.7 Å². The van der Waals surface area contributed by atoms with Crippen molar-refractivity contribution in [3.05, 3.63) is 90.0 Å². The van der Waals surface area contributed by atoms with Gasteiger partial charge in [-0.3, -0.25) is 0 Å². The van der Waals surface area contributed by atoms with E-state index >= 15 is 0 Å². The average molecular weight is 425 g/mol. The third-order valence-corrected chi connectivity index (χ3v) is 5.55. The normalized spacial score (nSPS) is 12.1. The number of hydrogen-bond donors (Lipinski definition) is 2. The summed E-state index contributed by atoms with van der Waals surface area (Å²) in [6.45, 7) is 2.43. The number of rotatable bonds is 7. The number of pyridine rings is 1. The van der Waals surface area contributed by atoms with Gasteiger partial charge in [-0.15, -0.1) is 0 Å². The summed E-state index contributed by atoms with van der Waals surface area (Å²) in [7, 11) is 1.68. The Kier molecular flexibility index (Phi) is 5.29. The van der Waals surface area contributed by atoms with E-state index < -0.39 is 0 Å². The van der Waals surface area contributed by atoms with Crippen molar-refractivity contribution in [1.82, 2.24) is 20.1 Å². The van der Waals surface area contributed by atoms with E-state index in [9.17, 15) is 0 Å². The van der Waals surface area contributed by atoms with Crippen LogP contribution in [-0.4, -0.2) is 33.8 Å². The predicted octanol–water partition coefficient (Wildman–Crippen LogP) is 5.17. The molecule has 0 saturated carbocycles. The zero-order valence-electron chi connectivity index (χ0n) is 17.9. The summed E-state index contributed by atoms with van der Waals surface area (Å²) in [6, 6.07) is 20.3. The van der Waals surface area contributed by atoms with Crippen LogP contribution < -0.4 is 10.1 Å². The van der Waals surface area contributed by atoms with Crippen LogP contribution in [0.15, 0.2) is 77.6 Å². The van der Waals surface area contributed by atoms with Gasteiger partial charge in [0.2, 0.25) is 0 Å². The molecule has 0 spiro atoms. The zero-order valence-corrected chi connectivity index (χ0v) is 17.9. The third-order valence-electron chi connectivity index (χ3n) is 5.55. The summed E-state index contributed by atoms with van der Waals surface area (Å²) in [6.07, 6.45) is 3.84. The van der Waals surface area contributed by atoms with Crippen LogP contribution in [0, 0.1) is 6.92 Å². The second kappa shape index (κ2) is 8.55. The topological polar surface area (TPSA) is 88.9 Å². The lowest BCUT2D eigenvalue weighted by Gasteiger charge is -2.19. The van der Waals surface area contributed by atoms with E-state index in [4.69, 9.17) is 9.26 Å². The SMILES string of the molecule is COc1ccc([C@@H](CNc2ncccc2-c2nc(C)no2)c2c[nH]c3ccccc23)cc1. The molecule has 32 heavy (non-hydrogen) atoms. The molecule has 5 aromatic rings. The van der Waals surface area contributed by atoms with E-state index in [1.165, 1.54) is 16.5 Å². The van der Waals surface area contributed by atoms with Crippen LogP contribution >= 0.6 is 0 Å². The molecule has 0 aliphatic carbocycles. The first kappa shape index (κ1) is 19.8. The van der Waals surface area contributed by atoms with Crippen LogP contribution in [-0.2, 0) is 0 Å². The van der Waals surface area contributed by atoms with Gasteiger partial charge >= 0.3 is 0 Å². The summed E-state index contributed by atoms with van der Waals surface area (Å²) in [5, 5.41) is 8.63. The van der Waals surface area contributed by atoms with E-state index in [1.54, 1.807) is 20.2 Å². The molecule has 0 aliphatic rings. The molecule has 1 atom stereocenters. The maximum absolute atomic E-state index is 5.38. The number of aryl methyl sites for hydroxylation is 1. The Morgan fingerprint density at radius 2 is 1.91 bits per heavy atom. The predicted molar refractivity (Wildman–Crippen MR) is 124 cm³/mol. The molecule has 2 aromatic carbocycles. The fraction of sp³-hybridized carbons (Fsp3) is 0.160. The molecule has 0 bridgehead atoms. The molecule has 0 fully saturated rings. The minimum absolute atomic E-state index is 0.0799. The van der Waals surface area contributed by atoms with Crippen molar-refractivity contribution < 1.29 is 9.26 Å². The average Bonchev–Trinajstić information content (AvgIpc) is 3.46. The minimum atomic E-state index is 0.0799. The second-order valence-corrected chi connectivity index (χ2v) is 7.54. The molecule has 7 nitrogen and oxygen atoms in total. The van der Waals surface area contributed by atoms with Gasteiger partial charge in [-0.2, -0.15) is 4.98 Å². The maximum Gasteiger partial charge on any atom is 0.261 e. The molecular weight excluding hydrogens is 402 g/mol. The Labute approximate surface area is 185 Å². The largest absolute Gasteiger partial charge is 0.497 e. The van der Waals surface area contributed by atoms with Crippen molar-refractivity contribution in [3.8, 4) is 17.2 Å². The summed E-state index contributed by atoms with van der Waals surface area (Å²) in [4.78, 5) is 12.3. The molecule has 3 aromatic heterocycles. The van der Waals surface area contributed by atoms with Crippen LogP contribution in [0.5, 0.6) is 5.75 Å². The minimum Gasteiger partial charge on any atom is -0.497 e. The van der Waals surface area contributed by atoms with Gasteiger partial charge < -0.3 is 19.6 Å². The first-order chi connectivity index (χ1) is 15.7. The van der Waals surface area contributed by atoms with Crippen molar-refractivity contribution in [3.63, 3.8) is 0 Å². The summed E-state index contributed by atoms with van der Waals surface area (Å²) in [5.41, 5.74) is 4.28. The number of ether oxygens (including phenoxy) is 1. The molecule has 0 aliphatic heterocycles. The number of nitrogens with one attached hydrogen (secondary N) is 2. The van der Waals surface area contributed by atoms with Crippen LogP contribution in [0.25, 0.3) is 22.4 Å². The highest BCUT2D eigenvalue weighted by Gasteiger charge is 2.20. The molecule has 0 saturated heterocycles. The molecule has 5 rings (SSSR count). The van der Waals surface area contributed by atoms with Gasteiger partial charge in [-0.25, -0.2) is 4.98 Å².